The molecule has 0 radical (unpaired) electrons. The van der Waals surface area contributed by atoms with E-state index >= 15 is 0 Å². The molecule has 12 heteroatoms. The van der Waals surface area contributed by atoms with Gasteiger partial charge in [-0.25, -0.2) is 4.79 Å². The Morgan fingerprint density at radius 1 is 1.08 bits per heavy atom. The van der Waals surface area contributed by atoms with E-state index in [0.29, 0.717) is 0 Å². The van der Waals surface area contributed by atoms with Crippen LogP contribution in [-0.2, 0) is 23.9 Å². The van der Waals surface area contributed by atoms with Gasteiger partial charge in [0.15, 0.2) is 0 Å². The van der Waals surface area contributed by atoms with Gasteiger partial charge in [-0.1, -0.05) is 30.3 Å². The summed E-state index contributed by atoms with van der Waals surface area (Å²) in [6.07, 6.45) is -1.14. The second kappa shape index (κ2) is 11.6. The SMILES string of the molecule is COC(=O)N1CC(NC(=O)c2ccccc2)C(=O)N(CC(=O)NC(C=O)CC(=O)O)c2ccccc21. The number of benzene rings is 2. The number of nitrogens with one attached hydrogen (secondary N) is 2. The Bertz CT molecular complexity index is 1170. The van der Waals surface area contributed by atoms with Gasteiger partial charge in [-0.3, -0.25) is 29.0 Å². The molecule has 0 fully saturated rings. The molecule has 36 heavy (non-hydrogen) atoms. The second-order valence-electron chi connectivity index (χ2n) is 7.79. The van der Waals surface area contributed by atoms with E-state index in [4.69, 9.17) is 9.84 Å². The Morgan fingerprint density at radius 2 is 1.72 bits per heavy atom. The molecule has 3 N–H and O–H groups in total. The van der Waals surface area contributed by atoms with E-state index in [1.54, 1.807) is 48.5 Å². The standard InChI is InChI=1S/C24H24N4O8/c1-36-24(35)28-12-17(26-22(33)15-7-3-2-4-8-15)23(34)27(18-9-5-6-10-19(18)28)13-20(30)25-16(14-29)11-21(31)32/h2-10,14,16-17H,11-13H2,1H3,(H,25,30)(H,26,33)(H,31,32). The number of anilines is 2. The number of fused-ring (bicyclic) bond motifs is 1. The Balaban J connectivity index is 1.96. The monoisotopic (exact) mass is 496 g/mol. The van der Waals surface area contributed by atoms with Gasteiger partial charge in [0.05, 0.1) is 37.5 Å². The predicted octanol–water partition coefficient (Wildman–Crippen LogP) is 0.563. The highest BCUT2D eigenvalue weighted by Gasteiger charge is 2.38. The van der Waals surface area contributed by atoms with Crippen LogP contribution >= 0.6 is 0 Å². The number of aliphatic carboxylic acids is 1. The molecular formula is C24H24N4O8. The van der Waals surface area contributed by atoms with Crippen LogP contribution in [0.1, 0.15) is 16.8 Å². The molecule has 0 saturated carbocycles. The maximum absolute atomic E-state index is 13.6. The minimum Gasteiger partial charge on any atom is -0.481 e. The van der Waals surface area contributed by atoms with Crippen LogP contribution < -0.4 is 20.4 Å². The van der Waals surface area contributed by atoms with E-state index in [2.05, 4.69) is 10.6 Å². The lowest BCUT2D eigenvalue weighted by Crippen LogP contribution is -2.54. The first-order valence-electron chi connectivity index (χ1n) is 10.8. The molecule has 0 spiro atoms. The summed E-state index contributed by atoms with van der Waals surface area (Å²) < 4.78 is 4.87. The average molecular weight is 496 g/mol. The van der Waals surface area contributed by atoms with Gasteiger partial charge in [-0.15, -0.1) is 0 Å². The number of hydrogen-bond donors (Lipinski definition) is 3. The fourth-order valence-corrected chi connectivity index (χ4v) is 3.69. The quantitative estimate of drug-likeness (QED) is 0.447. The number of nitrogens with zero attached hydrogens (tertiary/aromatic N) is 2. The zero-order valence-corrected chi connectivity index (χ0v) is 19.2. The Hall–Kier alpha value is -4.74. The molecule has 2 aromatic carbocycles. The van der Waals surface area contributed by atoms with Crippen LogP contribution in [0.4, 0.5) is 16.2 Å². The van der Waals surface area contributed by atoms with Gasteiger partial charge >= 0.3 is 12.1 Å². The first kappa shape index (κ1) is 25.9. The van der Waals surface area contributed by atoms with Crippen LogP contribution in [0.2, 0.25) is 0 Å². The van der Waals surface area contributed by atoms with Gasteiger partial charge in [0.1, 0.15) is 18.9 Å². The van der Waals surface area contributed by atoms with Crippen molar-refractivity contribution >= 4 is 47.4 Å². The molecule has 12 nitrogen and oxygen atoms in total. The molecule has 0 bridgehead atoms. The number of hydrogen-bond acceptors (Lipinski definition) is 7. The van der Waals surface area contributed by atoms with Crippen LogP contribution in [0.5, 0.6) is 0 Å². The summed E-state index contributed by atoms with van der Waals surface area (Å²) in [6.45, 7) is -0.887. The van der Waals surface area contributed by atoms with E-state index in [-0.39, 0.29) is 29.8 Å². The fraction of sp³-hybridized carbons (Fsp3) is 0.250. The number of rotatable bonds is 8. The van der Waals surface area contributed by atoms with Crippen molar-refractivity contribution in [1.29, 1.82) is 0 Å². The van der Waals surface area contributed by atoms with Crippen LogP contribution in [0.25, 0.3) is 0 Å². The minimum atomic E-state index is -1.30. The average Bonchev–Trinajstić information content (AvgIpc) is 2.98. The predicted molar refractivity (Wildman–Crippen MR) is 126 cm³/mol. The van der Waals surface area contributed by atoms with Crippen molar-refractivity contribution in [1.82, 2.24) is 10.6 Å². The van der Waals surface area contributed by atoms with Crippen molar-refractivity contribution in [3.05, 3.63) is 60.2 Å². The van der Waals surface area contributed by atoms with Gasteiger partial charge in [0, 0.05) is 5.56 Å². The number of amides is 4. The highest BCUT2D eigenvalue weighted by molar-refractivity contribution is 6.10. The molecule has 4 amide bonds. The van der Waals surface area contributed by atoms with Crippen LogP contribution in [-0.4, -0.2) is 73.5 Å². The summed E-state index contributed by atoms with van der Waals surface area (Å²) in [5, 5.41) is 13.8. The molecule has 0 aliphatic carbocycles. The first-order valence-corrected chi connectivity index (χ1v) is 10.8. The van der Waals surface area contributed by atoms with Crippen molar-refractivity contribution in [2.45, 2.75) is 18.5 Å². The smallest absolute Gasteiger partial charge is 0.414 e. The number of carboxylic acid groups (broad SMARTS) is 1. The lowest BCUT2D eigenvalue weighted by atomic mass is 10.1. The van der Waals surface area contributed by atoms with Gasteiger partial charge < -0.3 is 25.3 Å². The van der Waals surface area contributed by atoms with E-state index in [9.17, 15) is 28.8 Å². The molecule has 1 aliphatic heterocycles. The van der Waals surface area contributed by atoms with Gasteiger partial charge in [0.2, 0.25) is 5.91 Å². The zero-order valence-electron chi connectivity index (χ0n) is 19.2. The molecule has 2 aromatic rings. The number of carbonyl (C=O) groups excluding carboxylic acids is 5. The number of carboxylic acids is 1. The van der Waals surface area contributed by atoms with Crippen molar-refractivity contribution in [2.24, 2.45) is 0 Å². The van der Waals surface area contributed by atoms with E-state index in [1.807, 2.05) is 0 Å². The molecule has 2 unspecified atom stereocenters. The van der Waals surface area contributed by atoms with Crippen LogP contribution in [0.15, 0.2) is 54.6 Å². The summed E-state index contributed by atoms with van der Waals surface area (Å²) in [5.74, 6) is -3.37. The summed E-state index contributed by atoms with van der Waals surface area (Å²) in [7, 11) is 1.17. The third kappa shape index (κ3) is 6.03. The summed E-state index contributed by atoms with van der Waals surface area (Å²) in [5.41, 5.74) is 0.711. The topological polar surface area (TPSA) is 162 Å². The minimum absolute atomic E-state index is 0.181. The normalized spacial score (nSPS) is 15.7. The van der Waals surface area contributed by atoms with Gasteiger partial charge in [-0.05, 0) is 24.3 Å². The summed E-state index contributed by atoms with van der Waals surface area (Å²) in [4.78, 5) is 76.0. The molecular weight excluding hydrogens is 472 g/mol. The third-order valence-electron chi connectivity index (χ3n) is 5.34. The van der Waals surface area contributed by atoms with Gasteiger partial charge in [-0.2, -0.15) is 0 Å². The second-order valence-corrected chi connectivity index (χ2v) is 7.79. The highest BCUT2D eigenvalue weighted by Crippen LogP contribution is 2.33. The van der Waals surface area contributed by atoms with Gasteiger partial charge in [0.25, 0.3) is 11.8 Å². The van der Waals surface area contributed by atoms with Crippen LogP contribution in [0.3, 0.4) is 0 Å². The largest absolute Gasteiger partial charge is 0.481 e. The summed E-state index contributed by atoms with van der Waals surface area (Å²) in [6, 6.07) is 11.8. The maximum atomic E-state index is 13.6. The third-order valence-corrected chi connectivity index (χ3v) is 5.34. The fourth-order valence-electron chi connectivity index (χ4n) is 3.69. The number of aldehydes is 1. The maximum Gasteiger partial charge on any atom is 0.414 e. The molecule has 1 aliphatic rings. The lowest BCUT2D eigenvalue weighted by molar-refractivity contribution is -0.138. The lowest BCUT2D eigenvalue weighted by Gasteiger charge is -2.25. The molecule has 0 aromatic heterocycles. The number of para-hydroxylation sites is 2. The Kier molecular flexibility index (Phi) is 8.34. The molecule has 0 saturated heterocycles. The number of carbonyl (C=O) groups is 6. The molecule has 2 atom stereocenters. The molecule has 188 valence electrons. The van der Waals surface area contributed by atoms with Crippen molar-refractivity contribution in [3.63, 3.8) is 0 Å². The van der Waals surface area contributed by atoms with E-state index in [1.165, 1.54) is 18.1 Å². The first-order chi connectivity index (χ1) is 17.2. The van der Waals surface area contributed by atoms with Crippen molar-refractivity contribution in [3.8, 4) is 0 Å². The van der Waals surface area contributed by atoms with Crippen LogP contribution in [0, 0.1) is 0 Å². The van der Waals surface area contributed by atoms with Crippen molar-refractivity contribution in [2.75, 3.05) is 30.0 Å². The number of methoxy groups -OCH3 is 1. The van der Waals surface area contributed by atoms with Crippen molar-refractivity contribution < 1.29 is 38.6 Å². The zero-order chi connectivity index (χ0) is 26.2. The Labute approximate surface area is 205 Å². The van der Waals surface area contributed by atoms with E-state index < -0.39 is 54.8 Å². The summed E-state index contributed by atoms with van der Waals surface area (Å²) >= 11 is 0. The number of ether oxygens (including phenoxy) is 1. The van der Waals surface area contributed by atoms with E-state index in [0.717, 1.165) is 4.90 Å². The molecule has 3 rings (SSSR count). The highest BCUT2D eigenvalue weighted by atomic mass is 16.5. The molecule has 1 heterocycles. The Morgan fingerprint density at radius 3 is 2.33 bits per heavy atom.